The molecule has 0 saturated carbocycles. The summed E-state index contributed by atoms with van der Waals surface area (Å²) in [6, 6.07) is 0. The predicted octanol–water partition coefficient (Wildman–Crippen LogP) is 3.89. The van der Waals surface area contributed by atoms with E-state index in [9.17, 15) is 9.90 Å². The van der Waals surface area contributed by atoms with E-state index in [1.807, 2.05) is 20.8 Å². The zero-order valence-corrected chi connectivity index (χ0v) is 17.0. The van der Waals surface area contributed by atoms with Crippen molar-refractivity contribution in [3.63, 3.8) is 0 Å². The van der Waals surface area contributed by atoms with Crippen LogP contribution in [0.2, 0.25) is 0 Å². The summed E-state index contributed by atoms with van der Waals surface area (Å²) in [6.45, 7) is 13.8. The van der Waals surface area contributed by atoms with Gasteiger partial charge in [-0.2, -0.15) is 0 Å². The van der Waals surface area contributed by atoms with Crippen molar-refractivity contribution in [3.8, 4) is 0 Å². The maximum Gasteiger partial charge on any atom is 0.306 e. The zero-order valence-electron chi connectivity index (χ0n) is 17.0. The Morgan fingerprint density at radius 3 is 1.67 bits per heavy atom. The first-order valence-corrected chi connectivity index (χ1v) is 9.25. The largest absolute Gasteiger partial charge is 0.460 e. The third kappa shape index (κ3) is 19.4. The SMILES string of the molecule is CCC.CC[C@H](CO)C[C@@H](CC)CC(=O)OC(C)(C)CC.OCO. The van der Waals surface area contributed by atoms with Crippen LogP contribution in [0.3, 0.4) is 0 Å². The minimum Gasteiger partial charge on any atom is -0.460 e. The Bertz CT molecular complexity index is 260. The molecule has 2 atom stereocenters. The van der Waals surface area contributed by atoms with E-state index in [-0.39, 0.29) is 18.2 Å². The minimum atomic E-state index is -0.750. The lowest BCUT2D eigenvalue weighted by molar-refractivity contribution is -0.158. The molecule has 0 bridgehead atoms. The first kappa shape index (κ1) is 28.2. The lowest BCUT2D eigenvalue weighted by Crippen LogP contribution is -2.28. The summed E-state index contributed by atoms with van der Waals surface area (Å²) in [5, 5.41) is 23.5. The predicted molar refractivity (Wildman–Crippen MR) is 99.6 cm³/mol. The van der Waals surface area contributed by atoms with E-state index in [2.05, 4.69) is 27.7 Å². The van der Waals surface area contributed by atoms with Crippen molar-refractivity contribution in [3.05, 3.63) is 0 Å². The van der Waals surface area contributed by atoms with Crippen molar-refractivity contribution in [1.82, 2.24) is 0 Å². The van der Waals surface area contributed by atoms with Crippen LogP contribution in [0.4, 0.5) is 0 Å². The van der Waals surface area contributed by atoms with Crippen LogP contribution in [-0.4, -0.2) is 40.3 Å². The third-order valence-corrected chi connectivity index (χ3v) is 3.78. The summed E-state index contributed by atoms with van der Waals surface area (Å²) in [4.78, 5) is 11.9. The average Bonchev–Trinajstić information content (AvgIpc) is 2.52. The van der Waals surface area contributed by atoms with Crippen LogP contribution >= 0.6 is 0 Å². The zero-order chi connectivity index (χ0) is 19.6. The van der Waals surface area contributed by atoms with E-state index in [4.69, 9.17) is 14.9 Å². The van der Waals surface area contributed by atoms with Crippen LogP contribution in [0, 0.1) is 11.8 Å². The van der Waals surface area contributed by atoms with Gasteiger partial charge >= 0.3 is 5.97 Å². The molecule has 0 aliphatic carbocycles. The first-order valence-electron chi connectivity index (χ1n) is 9.25. The number of ether oxygens (including phenoxy) is 1. The molecule has 5 heteroatoms. The Hall–Kier alpha value is -0.650. The smallest absolute Gasteiger partial charge is 0.306 e. The quantitative estimate of drug-likeness (QED) is 0.434. The molecular weight excluding hydrogens is 308 g/mol. The first-order chi connectivity index (χ1) is 11.2. The van der Waals surface area contributed by atoms with Gasteiger partial charge in [-0.25, -0.2) is 0 Å². The van der Waals surface area contributed by atoms with Gasteiger partial charge < -0.3 is 20.1 Å². The van der Waals surface area contributed by atoms with Gasteiger partial charge in [0.15, 0.2) is 0 Å². The van der Waals surface area contributed by atoms with E-state index in [0.29, 0.717) is 18.3 Å². The molecule has 0 aliphatic heterocycles. The van der Waals surface area contributed by atoms with E-state index in [0.717, 1.165) is 25.7 Å². The summed E-state index contributed by atoms with van der Waals surface area (Å²) in [6.07, 6.45) is 5.37. The number of carbonyl (C=O) groups is 1. The number of hydrogen-bond donors (Lipinski definition) is 3. The van der Waals surface area contributed by atoms with Crippen LogP contribution in [0.5, 0.6) is 0 Å². The molecule has 24 heavy (non-hydrogen) atoms. The topological polar surface area (TPSA) is 87.0 Å². The number of carbonyl (C=O) groups excluding carboxylic acids is 1. The van der Waals surface area contributed by atoms with Crippen molar-refractivity contribution in [2.45, 2.75) is 92.6 Å². The second-order valence-electron chi connectivity index (χ2n) is 6.61. The minimum absolute atomic E-state index is 0.110. The molecule has 0 fully saturated rings. The maximum atomic E-state index is 11.9. The third-order valence-electron chi connectivity index (χ3n) is 3.78. The van der Waals surface area contributed by atoms with Crippen LogP contribution in [-0.2, 0) is 9.53 Å². The number of hydrogen-bond acceptors (Lipinski definition) is 5. The summed E-state index contributed by atoms with van der Waals surface area (Å²) < 4.78 is 5.47. The number of aliphatic hydroxyl groups is 3. The fourth-order valence-electron chi connectivity index (χ4n) is 1.89. The molecule has 0 spiro atoms. The molecule has 0 amide bonds. The second-order valence-corrected chi connectivity index (χ2v) is 6.61. The van der Waals surface area contributed by atoms with Crippen LogP contribution in [0.25, 0.3) is 0 Å². The Morgan fingerprint density at radius 1 is 0.958 bits per heavy atom. The van der Waals surface area contributed by atoms with Crippen LogP contribution in [0.1, 0.15) is 87.0 Å². The van der Waals surface area contributed by atoms with Gasteiger partial charge in [0.25, 0.3) is 0 Å². The Labute approximate surface area is 149 Å². The van der Waals surface area contributed by atoms with E-state index < -0.39 is 6.79 Å². The van der Waals surface area contributed by atoms with Gasteiger partial charge in [-0.15, -0.1) is 0 Å². The van der Waals surface area contributed by atoms with Gasteiger partial charge in [-0.05, 0) is 38.5 Å². The standard InChI is InChI=1S/C15H30O3.C3H8.CH4O2/c1-6-12(9-13(7-2)11-16)10-14(17)18-15(4,5)8-3;1-3-2;2-1-3/h12-13,16H,6-11H2,1-5H3;3H2,1-2H3;2-3H,1H2/t12-,13+;;/m1../s1. The molecule has 148 valence electrons. The molecule has 3 N–H and O–H groups in total. The molecule has 0 aromatic carbocycles. The van der Waals surface area contributed by atoms with E-state index in [1.165, 1.54) is 6.42 Å². The molecular formula is C19H42O5. The highest BCUT2D eigenvalue weighted by Crippen LogP contribution is 2.23. The summed E-state index contributed by atoms with van der Waals surface area (Å²) in [5.74, 6) is 0.519. The fraction of sp³-hybridized carbons (Fsp3) is 0.947. The second kappa shape index (κ2) is 18.7. The highest BCUT2D eigenvalue weighted by Gasteiger charge is 2.23. The molecule has 0 unspecified atom stereocenters. The number of esters is 1. The van der Waals surface area contributed by atoms with Gasteiger partial charge in [-0.3, -0.25) is 4.79 Å². The molecule has 0 aliphatic rings. The molecule has 5 nitrogen and oxygen atoms in total. The molecule has 0 radical (unpaired) electrons. The van der Waals surface area contributed by atoms with Crippen molar-refractivity contribution >= 4 is 5.97 Å². The molecule has 0 aromatic rings. The normalized spacial score (nSPS) is 12.9. The Kier molecular flexibility index (Phi) is 21.9. The van der Waals surface area contributed by atoms with Crippen molar-refractivity contribution in [1.29, 1.82) is 0 Å². The van der Waals surface area contributed by atoms with Gasteiger partial charge in [0.1, 0.15) is 12.4 Å². The highest BCUT2D eigenvalue weighted by atomic mass is 16.6. The van der Waals surface area contributed by atoms with E-state index >= 15 is 0 Å². The Morgan fingerprint density at radius 2 is 1.38 bits per heavy atom. The van der Waals surface area contributed by atoms with Crippen molar-refractivity contribution < 1.29 is 24.9 Å². The number of aliphatic hydroxyl groups excluding tert-OH is 2. The van der Waals surface area contributed by atoms with Gasteiger partial charge in [0, 0.05) is 13.0 Å². The lowest BCUT2D eigenvalue weighted by atomic mass is 9.89. The monoisotopic (exact) mass is 350 g/mol. The van der Waals surface area contributed by atoms with Gasteiger partial charge in [0.2, 0.25) is 0 Å². The maximum absolute atomic E-state index is 11.9. The average molecular weight is 351 g/mol. The Balaban J connectivity index is -0.000000635. The van der Waals surface area contributed by atoms with Crippen molar-refractivity contribution in [2.24, 2.45) is 11.8 Å². The summed E-state index contributed by atoms with van der Waals surface area (Å²) in [7, 11) is 0. The fourth-order valence-corrected chi connectivity index (χ4v) is 1.89. The van der Waals surface area contributed by atoms with Crippen molar-refractivity contribution in [2.75, 3.05) is 13.4 Å². The van der Waals surface area contributed by atoms with Gasteiger partial charge in [0.05, 0.1) is 0 Å². The highest BCUT2D eigenvalue weighted by molar-refractivity contribution is 5.70. The van der Waals surface area contributed by atoms with Crippen LogP contribution in [0.15, 0.2) is 0 Å². The van der Waals surface area contributed by atoms with Crippen LogP contribution < -0.4 is 0 Å². The summed E-state index contributed by atoms with van der Waals surface area (Å²) in [5.41, 5.74) is -0.365. The molecule has 0 heterocycles. The lowest BCUT2D eigenvalue weighted by Gasteiger charge is -2.25. The molecule has 0 rings (SSSR count). The van der Waals surface area contributed by atoms with Gasteiger partial charge in [-0.1, -0.05) is 53.9 Å². The van der Waals surface area contributed by atoms with E-state index in [1.54, 1.807) is 0 Å². The summed E-state index contributed by atoms with van der Waals surface area (Å²) >= 11 is 0. The molecule has 0 aromatic heterocycles. The molecule has 0 saturated heterocycles. The number of rotatable bonds is 9.